The van der Waals surface area contributed by atoms with Gasteiger partial charge >= 0.3 is 0 Å². The van der Waals surface area contributed by atoms with E-state index in [1.165, 1.54) is 0 Å². The van der Waals surface area contributed by atoms with Crippen molar-refractivity contribution in [1.29, 1.82) is 0 Å². The number of nitrogens with zero attached hydrogens (tertiary/aromatic N) is 5. The van der Waals surface area contributed by atoms with Crippen LogP contribution in [0, 0.1) is 13.8 Å². The Morgan fingerprint density at radius 3 is 2.87 bits per heavy atom. The van der Waals surface area contributed by atoms with Crippen LogP contribution in [0.1, 0.15) is 32.7 Å². The summed E-state index contributed by atoms with van der Waals surface area (Å²) in [6.45, 7) is 4.80. The monoisotopic (exact) mass is 432 g/mol. The lowest BCUT2D eigenvalue weighted by Gasteiger charge is -2.01. The van der Waals surface area contributed by atoms with Crippen LogP contribution in [0.15, 0.2) is 58.9 Å². The normalized spacial score (nSPS) is 11.3. The zero-order valence-corrected chi connectivity index (χ0v) is 17.9. The summed E-state index contributed by atoms with van der Waals surface area (Å²) in [4.78, 5) is 26.5. The molecule has 0 unspecified atom stereocenters. The molecule has 0 aliphatic heterocycles. The Balaban J connectivity index is 1.43. The molecule has 0 radical (unpaired) electrons. The quantitative estimate of drug-likeness (QED) is 0.440. The number of amides is 1. The highest BCUT2D eigenvalue weighted by molar-refractivity contribution is 7.09. The molecule has 1 amide bonds. The number of aromatic nitrogens is 5. The maximum atomic E-state index is 12.9. The van der Waals surface area contributed by atoms with Crippen molar-refractivity contribution in [1.82, 2.24) is 29.2 Å². The number of aryl methyl sites for hydroxylation is 2. The predicted octanol–water partition coefficient (Wildman–Crippen LogP) is 3.84. The maximum absolute atomic E-state index is 12.9. The standard InChI is InChI=1S/C22H20N6O2S/c1-14-6-7-17(30-14)9-23-22(29)20-19-5-3-4-8-28(19)21(26-20)18-11-27(13-24-18)10-16-12-31-15(2)25-16/h3-8,11-13H,9-10H2,1-2H3,(H,23,29). The molecule has 0 saturated carbocycles. The number of imidazole rings is 2. The molecule has 9 heteroatoms. The molecule has 0 aromatic carbocycles. The molecule has 0 atom stereocenters. The minimum atomic E-state index is -0.263. The Bertz CT molecular complexity index is 1380. The third-order valence-corrected chi connectivity index (χ3v) is 5.68. The first-order chi connectivity index (χ1) is 15.1. The van der Waals surface area contributed by atoms with Gasteiger partial charge in [0.1, 0.15) is 17.2 Å². The number of pyridine rings is 1. The molecule has 0 aliphatic carbocycles. The van der Waals surface area contributed by atoms with Crippen molar-refractivity contribution in [3.05, 3.63) is 82.3 Å². The second kappa shape index (κ2) is 7.84. The van der Waals surface area contributed by atoms with Crippen LogP contribution in [-0.2, 0) is 13.1 Å². The largest absolute Gasteiger partial charge is 0.465 e. The SMILES string of the molecule is Cc1ccc(CNC(=O)c2nc(-c3cn(Cc4csc(C)n4)cn3)n3ccccc23)o1. The molecule has 0 fully saturated rings. The van der Waals surface area contributed by atoms with Gasteiger partial charge in [-0.05, 0) is 38.1 Å². The number of thiazole rings is 1. The maximum Gasteiger partial charge on any atom is 0.272 e. The van der Waals surface area contributed by atoms with Crippen molar-refractivity contribution in [3.63, 3.8) is 0 Å². The van der Waals surface area contributed by atoms with E-state index in [0.29, 0.717) is 36.1 Å². The van der Waals surface area contributed by atoms with Crippen LogP contribution in [0.3, 0.4) is 0 Å². The number of nitrogens with one attached hydrogen (secondary N) is 1. The molecule has 5 aromatic rings. The van der Waals surface area contributed by atoms with Crippen molar-refractivity contribution in [3.8, 4) is 11.5 Å². The lowest BCUT2D eigenvalue weighted by atomic mass is 10.3. The minimum absolute atomic E-state index is 0.263. The molecule has 0 bridgehead atoms. The highest BCUT2D eigenvalue weighted by Gasteiger charge is 2.20. The second-order valence-corrected chi connectivity index (χ2v) is 8.29. The van der Waals surface area contributed by atoms with Crippen molar-refractivity contribution in [2.24, 2.45) is 0 Å². The lowest BCUT2D eigenvalue weighted by molar-refractivity contribution is 0.0945. The number of rotatable bonds is 6. The zero-order chi connectivity index (χ0) is 21.4. The van der Waals surface area contributed by atoms with E-state index in [9.17, 15) is 4.79 Å². The fraction of sp³-hybridized carbons (Fsp3) is 0.182. The van der Waals surface area contributed by atoms with Crippen LogP contribution in [0.4, 0.5) is 0 Å². The van der Waals surface area contributed by atoms with Gasteiger partial charge in [0.05, 0.1) is 35.6 Å². The summed E-state index contributed by atoms with van der Waals surface area (Å²) in [7, 11) is 0. The van der Waals surface area contributed by atoms with Crippen LogP contribution in [0.2, 0.25) is 0 Å². The summed E-state index contributed by atoms with van der Waals surface area (Å²) in [5, 5.41) is 5.97. The smallest absolute Gasteiger partial charge is 0.272 e. The van der Waals surface area contributed by atoms with Gasteiger partial charge < -0.3 is 14.3 Å². The molecule has 0 spiro atoms. The Labute approximate surface area is 182 Å². The molecule has 5 heterocycles. The first-order valence-electron chi connectivity index (χ1n) is 9.80. The van der Waals surface area contributed by atoms with Gasteiger partial charge in [-0.3, -0.25) is 9.20 Å². The third kappa shape index (κ3) is 3.87. The van der Waals surface area contributed by atoms with Crippen LogP contribution in [-0.4, -0.2) is 29.8 Å². The molecule has 0 aliphatic rings. The van der Waals surface area contributed by atoms with Gasteiger partial charge in [0.15, 0.2) is 11.5 Å². The lowest BCUT2D eigenvalue weighted by Crippen LogP contribution is -2.23. The Morgan fingerprint density at radius 1 is 1.19 bits per heavy atom. The van der Waals surface area contributed by atoms with Gasteiger partial charge in [-0.25, -0.2) is 15.0 Å². The molecule has 8 nitrogen and oxygen atoms in total. The highest BCUT2D eigenvalue weighted by atomic mass is 32.1. The Hall–Kier alpha value is -3.72. The fourth-order valence-electron chi connectivity index (χ4n) is 3.45. The summed E-state index contributed by atoms with van der Waals surface area (Å²) in [6.07, 6.45) is 5.56. The summed E-state index contributed by atoms with van der Waals surface area (Å²) >= 11 is 1.63. The van der Waals surface area contributed by atoms with Crippen LogP contribution < -0.4 is 5.32 Å². The first-order valence-corrected chi connectivity index (χ1v) is 10.7. The van der Waals surface area contributed by atoms with Crippen LogP contribution >= 0.6 is 11.3 Å². The van der Waals surface area contributed by atoms with E-state index < -0.39 is 0 Å². The van der Waals surface area contributed by atoms with Gasteiger partial charge in [-0.1, -0.05) is 6.07 Å². The van der Waals surface area contributed by atoms with Gasteiger partial charge in [0, 0.05) is 17.8 Å². The average Bonchev–Trinajstić information content (AvgIpc) is 3.54. The Morgan fingerprint density at radius 2 is 2.10 bits per heavy atom. The molecule has 31 heavy (non-hydrogen) atoms. The fourth-order valence-corrected chi connectivity index (χ4v) is 4.05. The summed E-state index contributed by atoms with van der Waals surface area (Å²) in [5.74, 6) is 1.86. The van der Waals surface area contributed by atoms with E-state index in [4.69, 9.17) is 4.42 Å². The van der Waals surface area contributed by atoms with E-state index in [0.717, 1.165) is 22.0 Å². The van der Waals surface area contributed by atoms with Gasteiger partial charge in [-0.15, -0.1) is 11.3 Å². The number of carbonyl (C=O) groups is 1. The topological polar surface area (TPSA) is 90.2 Å². The van der Waals surface area contributed by atoms with E-state index in [-0.39, 0.29) is 5.91 Å². The number of hydrogen-bond acceptors (Lipinski definition) is 6. The molecule has 5 aromatic heterocycles. The van der Waals surface area contributed by atoms with E-state index in [2.05, 4.69) is 20.3 Å². The summed E-state index contributed by atoms with van der Waals surface area (Å²) in [6, 6.07) is 9.38. The van der Waals surface area contributed by atoms with E-state index in [1.54, 1.807) is 17.7 Å². The molecule has 5 rings (SSSR count). The molecule has 0 saturated heterocycles. The first kappa shape index (κ1) is 19.3. The molecular formula is C22H20N6O2S. The molecule has 1 N–H and O–H groups in total. The number of carbonyl (C=O) groups excluding carboxylic acids is 1. The van der Waals surface area contributed by atoms with Crippen molar-refractivity contribution in [2.45, 2.75) is 26.9 Å². The van der Waals surface area contributed by atoms with Crippen molar-refractivity contribution < 1.29 is 9.21 Å². The van der Waals surface area contributed by atoms with Crippen molar-refractivity contribution in [2.75, 3.05) is 0 Å². The Kier molecular flexibility index (Phi) is 4.87. The van der Waals surface area contributed by atoms with Gasteiger partial charge in [-0.2, -0.15) is 0 Å². The summed E-state index contributed by atoms with van der Waals surface area (Å²) < 4.78 is 9.37. The zero-order valence-electron chi connectivity index (χ0n) is 17.1. The van der Waals surface area contributed by atoms with Crippen LogP contribution in [0.25, 0.3) is 17.0 Å². The minimum Gasteiger partial charge on any atom is -0.465 e. The van der Waals surface area contributed by atoms with Crippen LogP contribution in [0.5, 0.6) is 0 Å². The second-order valence-electron chi connectivity index (χ2n) is 7.22. The highest BCUT2D eigenvalue weighted by Crippen LogP contribution is 2.22. The molecule has 156 valence electrons. The summed E-state index contributed by atoms with van der Waals surface area (Å²) in [5.41, 5.74) is 2.75. The number of hydrogen-bond donors (Lipinski definition) is 1. The average molecular weight is 433 g/mol. The predicted molar refractivity (Wildman–Crippen MR) is 117 cm³/mol. The van der Waals surface area contributed by atoms with Gasteiger partial charge in [0.2, 0.25) is 0 Å². The number of furan rings is 1. The van der Waals surface area contributed by atoms with E-state index in [1.807, 2.05) is 70.9 Å². The van der Waals surface area contributed by atoms with Crippen molar-refractivity contribution >= 4 is 22.8 Å². The third-order valence-electron chi connectivity index (χ3n) is 4.86. The number of fused-ring (bicyclic) bond motifs is 1. The molecular weight excluding hydrogens is 412 g/mol. The van der Waals surface area contributed by atoms with E-state index >= 15 is 0 Å². The van der Waals surface area contributed by atoms with Gasteiger partial charge in [0.25, 0.3) is 5.91 Å².